The van der Waals surface area contributed by atoms with E-state index in [0.717, 1.165) is 11.0 Å². The topological polar surface area (TPSA) is 73.9 Å². The van der Waals surface area contributed by atoms with E-state index in [1.54, 1.807) is 48.5 Å². The van der Waals surface area contributed by atoms with Crippen molar-refractivity contribution in [3.63, 3.8) is 0 Å². The molecule has 182 valence electrons. The number of alkyl halides is 2. The van der Waals surface area contributed by atoms with Crippen molar-refractivity contribution in [3.8, 4) is 0 Å². The Balaban J connectivity index is 2.24. The molecule has 1 aliphatic heterocycles. The Morgan fingerprint density at radius 1 is 1.28 bits per heavy atom. The average Bonchev–Trinajstić information content (AvgIpc) is 2.65. The number of ether oxygens (including phenoxy) is 2. The first-order valence-corrected chi connectivity index (χ1v) is 11.6. The van der Waals surface area contributed by atoms with Gasteiger partial charge in [0.2, 0.25) is 0 Å². The zero-order valence-electron chi connectivity index (χ0n) is 19.6. The van der Waals surface area contributed by atoms with Crippen molar-refractivity contribution in [3.05, 3.63) is 35.1 Å². The van der Waals surface area contributed by atoms with Crippen LogP contribution in [0.4, 0.5) is 18.0 Å². The fourth-order valence-corrected chi connectivity index (χ4v) is 3.88. The summed E-state index contributed by atoms with van der Waals surface area (Å²) < 4.78 is 70.9. The lowest BCUT2D eigenvalue weighted by atomic mass is 9.96. The number of carbonyl (C=O) groups excluding carboxylic acids is 1. The molecule has 1 amide bonds. The summed E-state index contributed by atoms with van der Waals surface area (Å²) in [5.41, 5.74) is -1.63. The number of amides is 1. The molecule has 1 heterocycles. The molecular weight excluding hydrogens is 445 g/mol. The van der Waals surface area contributed by atoms with Crippen molar-refractivity contribution in [1.82, 2.24) is 9.62 Å². The zero-order chi connectivity index (χ0) is 24.5. The summed E-state index contributed by atoms with van der Waals surface area (Å²) in [5.74, 6) is -4.80. The van der Waals surface area contributed by atoms with Gasteiger partial charge in [-0.2, -0.15) is 8.78 Å². The quantitative estimate of drug-likeness (QED) is 0.623. The zero-order valence-corrected chi connectivity index (χ0v) is 20.4. The van der Waals surface area contributed by atoms with E-state index < -0.39 is 63.8 Å². The molecule has 0 aromatic heterocycles. The molecule has 1 saturated heterocycles. The van der Waals surface area contributed by atoms with Gasteiger partial charge < -0.3 is 18.9 Å². The Bertz CT molecular complexity index is 811. The van der Waals surface area contributed by atoms with Gasteiger partial charge in [0.25, 0.3) is 0 Å². The number of benzene rings is 1. The molecule has 0 radical (unpaired) electrons. The van der Waals surface area contributed by atoms with E-state index in [0.29, 0.717) is 0 Å². The van der Waals surface area contributed by atoms with Gasteiger partial charge in [-0.05, 0) is 54.5 Å². The number of nitrogens with one attached hydrogen (secondary N) is 1. The van der Waals surface area contributed by atoms with Crippen molar-refractivity contribution >= 4 is 17.5 Å². The van der Waals surface area contributed by atoms with Crippen molar-refractivity contribution < 1.29 is 32.0 Å². The summed E-state index contributed by atoms with van der Waals surface area (Å²) in [6.45, 7) is 11.4. The first-order chi connectivity index (χ1) is 14.5. The second-order valence-electron chi connectivity index (χ2n) is 9.84. The molecule has 1 N–H and O–H groups in total. The third-order valence-corrected chi connectivity index (χ3v) is 6.50. The fourth-order valence-electron chi connectivity index (χ4n) is 3.08. The van der Waals surface area contributed by atoms with Crippen LogP contribution in [0.2, 0.25) is 0 Å². The van der Waals surface area contributed by atoms with Gasteiger partial charge in [0.1, 0.15) is 22.3 Å². The number of rotatable bonds is 5. The van der Waals surface area contributed by atoms with Crippen LogP contribution < -0.4 is 4.72 Å². The lowest BCUT2D eigenvalue weighted by Crippen LogP contribution is -2.52. The minimum absolute atomic E-state index is 0.0282. The largest absolute Gasteiger partial charge is 0.598 e. The molecule has 10 heteroatoms. The van der Waals surface area contributed by atoms with E-state index in [4.69, 9.17) is 9.47 Å². The molecule has 1 aromatic rings. The Morgan fingerprint density at radius 3 is 2.47 bits per heavy atom. The Morgan fingerprint density at radius 2 is 1.91 bits per heavy atom. The van der Waals surface area contributed by atoms with Gasteiger partial charge in [-0.15, -0.1) is 4.72 Å². The normalized spacial score (nSPS) is 20.1. The highest BCUT2D eigenvalue weighted by Crippen LogP contribution is 2.38. The molecule has 1 aromatic carbocycles. The highest BCUT2D eigenvalue weighted by Gasteiger charge is 2.48. The van der Waals surface area contributed by atoms with Gasteiger partial charge in [-0.3, -0.25) is 0 Å². The maximum Gasteiger partial charge on any atom is 0.410 e. The summed E-state index contributed by atoms with van der Waals surface area (Å²) in [4.78, 5) is 13.5. The number of hydrogen-bond donors (Lipinski definition) is 1. The summed E-state index contributed by atoms with van der Waals surface area (Å²) >= 11 is -1.51. The lowest BCUT2D eigenvalue weighted by molar-refractivity contribution is -0.171. The molecule has 2 rings (SSSR count). The minimum atomic E-state index is -3.70. The van der Waals surface area contributed by atoms with Crippen LogP contribution in [0.5, 0.6) is 0 Å². The third-order valence-electron chi connectivity index (χ3n) is 4.82. The van der Waals surface area contributed by atoms with Gasteiger partial charge in [0.05, 0.1) is 24.8 Å². The van der Waals surface area contributed by atoms with Crippen LogP contribution in [0.1, 0.15) is 65.6 Å². The SMILES string of the molecule is CC(N[S@+]([O-])C(C)(C)C)c1cccc(C(F)(F)C2CN(C(=O)OC(C)(C)C)CCO2)c1F. The van der Waals surface area contributed by atoms with Crippen molar-refractivity contribution in [2.45, 2.75) is 76.9 Å². The highest BCUT2D eigenvalue weighted by molar-refractivity contribution is 7.90. The molecule has 0 bridgehead atoms. The molecule has 0 spiro atoms. The van der Waals surface area contributed by atoms with E-state index in [1.165, 1.54) is 12.1 Å². The van der Waals surface area contributed by atoms with Crippen LogP contribution in [0, 0.1) is 5.82 Å². The van der Waals surface area contributed by atoms with Crippen molar-refractivity contribution in [2.75, 3.05) is 19.7 Å². The number of morpholine rings is 1. The van der Waals surface area contributed by atoms with Crippen LogP contribution in [-0.4, -0.2) is 51.7 Å². The average molecular weight is 479 g/mol. The molecule has 3 atom stereocenters. The monoisotopic (exact) mass is 478 g/mol. The summed E-state index contributed by atoms with van der Waals surface area (Å²) in [6.07, 6.45) is -2.46. The second kappa shape index (κ2) is 9.79. The van der Waals surface area contributed by atoms with E-state index in [1.807, 2.05) is 0 Å². The number of nitrogens with zero attached hydrogens (tertiary/aromatic N) is 1. The van der Waals surface area contributed by atoms with Crippen LogP contribution >= 0.6 is 0 Å². The van der Waals surface area contributed by atoms with Crippen LogP contribution in [0.25, 0.3) is 0 Å². The Hall–Kier alpha value is -1.49. The van der Waals surface area contributed by atoms with Gasteiger partial charge >= 0.3 is 12.0 Å². The molecule has 0 saturated carbocycles. The van der Waals surface area contributed by atoms with Gasteiger partial charge in [-0.1, -0.05) is 12.1 Å². The maximum absolute atomic E-state index is 15.3. The lowest BCUT2D eigenvalue weighted by Gasteiger charge is -2.37. The molecule has 0 aliphatic carbocycles. The van der Waals surface area contributed by atoms with Crippen molar-refractivity contribution in [1.29, 1.82) is 0 Å². The van der Waals surface area contributed by atoms with Gasteiger partial charge in [0, 0.05) is 23.5 Å². The first-order valence-electron chi connectivity index (χ1n) is 10.5. The summed E-state index contributed by atoms with van der Waals surface area (Å²) in [6, 6.07) is 2.94. The van der Waals surface area contributed by atoms with Crippen LogP contribution in [0.15, 0.2) is 18.2 Å². The van der Waals surface area contributed by atoms with Crippen LogP contribution in [-0.2, 0) is 26.8 Å². The number of halogens is 3. The first kappa shape index (κ1) is 26.8. The van der Waals surface area contributed by atoms with Gasteiger partial charge in [0.15, 0.2) is 0 Å². The van der Waals surface area contributed by atoms with E-state index in [2.05, 4.69) is 4.72 Å². The van der Waals surface area contributed by atoms with E-state index >= 15 is 13.2 Å². The Labute approximate surface area is 191 Å². The molecule has 32 heavy (non-hydrogen) atoms. The second-order valence-corrected chi connectivity index (χ2v) is 11.8. The number of carbonyl (C=O) groups is 1. The number of hydrogen-bond acceptors (Lipinski definition) is 5. The molecular formula is C22H33F3N2O4S. The summed E-state index contributed by atoms with van der Waals surface area (Å²) in [5, 5.41) is 0. The van der Waals surface area contributed by atoms with Gasteiger partial charge in [-0.25, -0.2) is 9.18 Å². The standard InChI is InChI=1S/C22H33F3N2O4S/c1-14(26-32(29)21(5,6)7)15-9-8-10-16(18(15)23)22(24,25)17-13-27(11-12-30-17)19(28)31-20(2,3)4/h8-10,14,17,26H,11-13H2,1-7H3/t14?,17?,32-/m1/s1. The van der Waals surface area contributed by atoms with E-state index in [9.17, 15) is 9.35 Å². The highest BCUT2D eigenvalue weighted by atomic mass is 32.2. The minimum Gasteiger partial charge on any atom is -0.598 e. The summed E-state index contributed by atoms with van der Waals surface area (Å²) in [7, 11) is 0. The predicted molar refractivity (Wildman–Crippen MR) is 117 cm³/mol. The predicted octanol–water partition coefficient (Wildman–Crippen LogP) is 4.67. The smallest absolute Gasteiger partial charge is 0.410 e. The molecule has 2 unspecified atom stereocenters. The fraction of sp³-hybridized carbons (Fsp3) is 0.682. The Kier molecular flexibility index (Phi) is 8.18. The van der Waals surface area contributed by atoms with Crippen molar-refractivity contribution in [2.24, 2.45) is 0 Å². The van der Waals surface area contributed by atoms with Crippen LogP contribution in [0.3, 0.4) is 0 Å². The molecule has 1 aliphatic rings. The third kappa shape index (κ3) is 6.52. The van der Waals surface area contributed by atoms with E-state index in [-0.39, 0.29) is 18.7 Å². The molecule has 6 nitrogen and oxygen atoms in total. The molecule has 1 fully saturated rings. The maximum atomic E-state index is 15.3.